The predicted octanol–water partition coefficient (Wildman–Crippen LogP) is -1.67. The molecule has 4 nitrogen and oxygen atoms in total. The number of nitrogens with zero attached hydrogens (tertiary/aromatic N) is 4. The molecule has 2 aromatic rings. The lowest BCUT2D eigenvalue weighted by Crippen LogP contribution is -3.00. The summed E-state index contributed by atoms with van der Waals surface area (Å²) in [6.45, 7) is 2.22. The molecule has 0 aliphatic rings. The van der Waals surface area contributed by atoms with Crippen LogP contribution in [0.25, 0.3) is 10.6 Å². The SMILES string of the molecule is Cc1nsc(-c2ccc[n+](CC#N)c2)n1.[Br-]. The Bertz CT molecular complexity index is 518. The third kappa shape index (κ3) is 2.84. The zero-order valence-corrected chi connectivity index (χ0v) is 11.0. The maximum atomic E-state index is 8.59. The first-order valence-electron chi connectivity index (χ1n) is 4.46. The van der Waals surface area contributed by atoms with E-state index in [0.29, 0.717) is 6.54 Å². The van der Waals surface area contributed by atoms with Gasteiger partial charge in [0.05, 0.1) is 5.56 Å². The van der Waals surface area contributed by atoms with Crippen LogP contribution in [0.4, 0.5) is 0 Å². The second-order valence-corrected chi connectivity index (χ2v) is 3.82. The van der Waals surface area contributed by atoms with Crippen LogP contribution >= 0.6 is 11.5 Å². The molecular weight excluding hydrogens is 288 g/mol. The molecule has 0 spiro atoms. The Balaban J connectivity index is 0.00000128. The van der Waals surface area contributed by atoms with Gasteiger partial charge in [0.1, 0.15) is 16.9 Å². The minimum atomic E-state index is 0. The van der Waals surface area contributed by atoms with Crippen molar-refractivity contribution >= 4 is 11.5 Å². The number of halogens is 1. The number of hydrogen-bond acceptors (Lipinski definition) is 4. The van der Waals surface area contributed by atoms with E-state index < -0.39 is 0 Å². The Morgan fingerprint density at radius 1 is 1.56 bits per heavy atom. The molecule has 0 saturated carbocycles. The van der Waals surface area contributed by atoms with Crippen LogP contribution in [-0.2, 0) is 6.54 Å². The van der Waals surface area contributed by atoms with Gasteiger partial charge < -0.3 is 17.0 Å². The van der Waals surface area contributed by atoms with Crippen LogP contribution in [0, 0.1) is 18.3 Å². The predicted molar refractivity (Wildman–Crippen MR) is 55.9 cm³/mol. The fourth-order valence-corrected chi connectivity index (χ4v) is 1.90. The number of nitriles is 1. The van der Waals surface area contributed by atoms with Crippen LogP contribution in [0.15, 0.2) is 24.5 Å². The van der Waals surface area contributed by atoms with Crippen molar-refractivity contribution in [3.05, 3.63) is 30.4 Å². The highest BCUT2D eigenvalue weighted by atomic mass is 79.9. The van der Waals surface area contributed by atoms with E-state index in [0.717, 1.165) is 16.4 Å². The van der Waals surface area contributed by atoms with Gasteiger partial charge in [0, 0.05) is 6.07 Å². The van der Waals surface area contributed by atoms with E-state index >= 15 is 0 Å². The van der Waals surface area contributed by atoms with Crippen LogP contribution in [-0.4, -0.2) is 9.36 Å². The molecule has 2 heterocycles. The zero-order chi connectivity index (χ0) is 10.7. The Morgan fingerprint density at radius 2 is 2.38 bits per heavy atom. The molecule has 2 aromatic heterocycles. The van der Waals surface area contributed by atoms with Gasteiger partial charge in [-0.2, -0.15) is 14.2 Å². The largest absolute Gasteiger partial charge is 1.00 e. The molecule has 0 unspecified atom stereocenters. The lowest BCUT2D eigenvalue weighted by molar-refractivity contribution is -0.684. The Hall–Kier alpha value is -1.32. The molecule has 0 N–H and O–H groups in total. The first-order valence-corrected chi connectivity index (χ1v) is 5.23. The lowest BCUT2D eigenvalue weighted by atomic mass is 10.3. The summed E-state index contributed by atoms with van der Waals surface area (Å²) >= 11 is 1.37. The molecule has 0 aliphatic carbocycles. The van der Waals surface area contributed by atoms with Crippen LogP contribution < -0.4 is 21.5 Å². The van der Waals surface area contributed by atoms with E-state index in [4.69, 9.17) is 5.26 Å². The molecule has 82 valence electrons. The second kappa shape index (κ2) is 5.68. The number of pyridine rings is 1. The van der Waals surface area contributed by atoms with Crippen molar-refractivity contribution in [2.24, 2.45) is 0 Å². The summed E-state index contributed by atoms with van der Waals surface area (Å²) in [5.41, 5.74) is 0.998. The lowest BCUT2D eigenvalue weighted by Gasteiger charge is -1.93. The second-order valence-electron chi connectivity index (χ2n) is 3.07. The molecule has 6 heteroatoms. The van der Waals surface area contributed by atoms with E-state index in [-0.39, 0.29) is 17.0 Å². The monoisotopic (exact) mass is 296 g/mol. The first-order chi connectivity index (χ1) is 7.29. The van der Waals surface area contributed by atoms with Gasteiger partial charge >= 0.3 is 0 Å². The molecular formula is C10H9BrN4S. The van der Waals surface area contributed by atoms with Crippen molar-refractivity contribution in [2.75, 3.05) is 0 Å². The summed E-state index contributed by atoms with van der Waals surface area (Å²) in [7, 11) is 0. The standard InChI is InChI=1S/C10H9N4S.BrH/c1-8-12-10(15-13-8)9-3-2-5-14(7-9)6-4-11;/h2-3,5,7H,6H2,1H3;1H/q+1;/p-1. The van der Waals surface area contributed by atoms with Gasteiger partial charge in [0.2, 0.25) is 6.54 Å². The molecule has 0 aromatic carbocycles. The van der Waals surface area contributed by atoms with Gasteiger partial charge in [-0.25, -0.2) is 4.98 Å². The normalized spacial score (nSPS) is 9.25. The number of rotatable bonds is 2. The molecule has 0 bridgehead atoms. The van der Waals surface area contributed by atoms with Crippen molar-refractivity contribution in [1.29, 1.82) is 5.26 Å². The van der Waals surface area contributed by atoms with Crippen LogP contribution in [0.3, 0.4) is 0 Å². The quantitative estimate of drug-likeness (QED) is 0.623. The third-order valence-electron chi connectivity index (χ3n) is 1.89. The highest BCUT2D eigenvalue weighted by Crippen LogP contribution is 2.18. The summed E-state index contributed by atoms with van der Waals surface area (Å²) in [4.78, 5) is 4.29. The highest BCUT2D eigenvalue weighted by Gasteiger charge is 2.08. The van der Waals surface area contributed by atoms with Gasteiger partial charge in [-0.1, -0.05) is 0 Å². The topological polar surface area (TPSA) is 53.5 Å². The minimum Gasteiger partial charge on any atom is -1.00 e. The summed E-state index contributed by atoms with van der Waals surface area (Å²) < 4.78 is 5.95. The third-order valence-corrected chi connectivity index (χ3v) is 2.74. The Kier molecular flexibility index (Phi) is 4.52. The summed E-state index contributed by atoms with van der Waals surface area (Å²) in [6.07, 6.45) is 3.77. The molecule has 0 radical (unpaired) electrons. The van der Waals surface area contributed by atoms with E-state index in [2.05, 4.69) is 15.4 Å². The molecule has 0 amide bonds. The smallest absolute Gasteiger partial charge is 0.233 e. The van der Waals surface area contributed by atoms with Gasteiger partial charge in [0.25, 0.3) is 0 Å². The molecule has 0 saturated heterocycles. The Labute approximate surface area is 108 Å². The van der Waals surface area contributed by atoms with Crippen molar-refractivity contribution in [3.63, 3.8) is 0 Å². The van der Waals surface area contributed by atoms with E-state index in [1.165, 1.54) is 11.5 Å². The average Bonchev–Trinajstić information content (AvgIpc) is 2.66. The number of aryl methyl sites for hydroxylation is 1. The average molecular weight is 297 g/mol. The van der Waals surface area contributed by atoms with Gasteiger partial charge in [0.15, 0.2) is 12.4 Å². The maximum Gasteiger partial charge on any atom is 0.233 e. The zero-order valence-electron chi connectivity index (χ0n) is 8.59. The van der Waals surface area contributed by atoms with Crippen LogP contribution in [0.2, 0.25) is 0 Å². The first kappa shape index (κ1) is 12.7. The Morgan fingerprint density at radius 3 is 3.00 bits per heavy atom. The minimum absolute atomic E-state index is 0. The highest BCUT2D eigenvalue weighted by molar-refractivity contribution is 7.09. The molecule has 16 heavy (non-hydrogen) atoms. The van der Waals surface area contributed by atoms with E-state index in [9.17, 15) is 0 Å². The van der Waals surface area contributed by atoms with Crippen LogP contribution in [0.1, 0.15) is 5.82 Å². The van der Waals surface area contributed by atoms with Crippen LogP contribution in [0.5, 0.6) is 0 Å². The van der Waals surface area contributed by atoms with E-state index in [1.54, 1.807) is 0 Å². The van der Waals surface area contributed by atoms with Gasteiger partial charge in [-0.15, -0.1) is 0 Å². The van der Waals surface area contributed by atoms with Crippen molar-refractivity contribution in [1.82, 2.24) is 9.36 Å². The van der Waals surface area contributed by atoms with Crippen molar-refractivity contribution in [3.8, 4) is 16.6 Å². The fourth-order valence-electron chi connectivity index (χ4n) is 1.24. The maximum absolute atomic E-state index is 8.59. The summed E-state index contributed by atoms with van der Waals surface area (Å²) in [5, 5.41) is 9.48. The van der Waals surface area contributed by atoms with Crippen molar-refractivity contribution in [2.45, 2.75) is 13.5 Å². The fraction of sp³-hybridized carbons (Fsp3) is 0.200. The van der Waals surface area contributed by atoms with Crippen molar-refractivity contribution < 1.29 is 21.5 Å². The summed E-state index contributed by atoms with van der Waals surface area (Å²) in [5.74, 6) is 0.783. The van der Waals surface area contributed by atoms with E-state index in [1.807, 2.05) is 36.0 Å². The number of hydrogen-bond donors (Lipinski definition) is 0. The molecule has 0 fully saturated rings. The molecule has 2 rings (SSSR count). The number of aromatic nitrogens is 3. The summed E-state index contributed by atoms with van der Waals surface area (Å²) in [6, 6.07) is 5.97. The van der Waals surface area contributed by atoms with Gasteiger partial charge in [-0.3, -0.25) is 0 Å². The molecule has 0 aliphatic heterocycles. The molecule has 0 atom stereocenters. The van der Waals surface area contributed by atoms with Gasteiger partial charge in [-0.05, 0) is 24.5 Å².